The molecule has 214 valence electrons. The molecular weight excluding hydrogens is 583 g/mol. The van der Waals surface area contributed by atoms with Crippen LogP contribution in [0.5, 0.6) is 11.5 Å². The Morgan fingerprint density at radius 2 is 1.83 bits per heavy atom. The zero-order chi connectivity index (χ0) is 30.3. The summed E-state index contributed by atoms with van der Waals surface area (Å²) < 4.78 is 77.1. The lowest BCUT2D eigenvalue weighted by molar-refractivity contribution is -0.137. The molecule has 0 radical (unpaired) electrons. The summed E-state index contributed by atoms with van der Waals surface area (Å²) in [6.45, 7) is 0. The number of nitrogens with two attached hydrogens (primary N) is 1. The number of aryl methyl sites for hydroxylation is 2. The second-order valence-corrected chi connectivity index (χ2v) is 9.47. The number of aromatic nitrogens is 4. The minimum atomic E-state index is -4.91. The van der Waals surface area contributed by atoms with Crippen LogP contribution in [0.15, 0.2) is 55.0 Å². The molecule has 0 fully saturated rings. The number of rotatable bonds is 4. The van der Waals surface area contributed by atoms with Crippen LogP contribution in [0, 0.1) is 23.5 Å². The number of nitrogens with zero attached hydrogens (tertiary/aromatic N) is 4. The van der Waals surface area contributed by atoms with Crippen molar-refractivity contribution in [2.24, 2.45) is 14.1 Å². The molecule has 42 heavy (non-hydrogen) atoms. The van der Waals surface area contributed by atoms with E-state index in [0.717, 1.165) is 12.1 Å². The lowest BCUT2D eigenvalue weighted by Crippen LogP contribution is -2.15. The largest absolute Gasteiger partial charge is 0.453 e. The summed E-state index contributed by atoms with van der Waals surface area (Å²) in [6, 6.07) is 6.11. The van der Waals surface area contributed by atoms with Gasteiger partial charge in [-0.15, -0.1) is 0 Å². The molecule has 14 heteroatoms. The molecule has 0 atom stereocenters. The summed E-state index contributed by atoms with van der Waals surface area (Å²) in [5.41, 5.74) is 5.11. The number of hydrogen-bond donors (Lipinski definition) is 2. The number of nitrogen functional groups attached to an aromatic ring is 1. The van der Waals surface area contributed by atoms with Crippen LogP contribution in [-0.4, -0.2) is 25.2 Å². The Morgan fingerprint density at radius 3 is 2.52 bits per heavy atom. The van der Waals surface area contributed by atoms with Gasteiger partial charge in [0, 0.05) is 31.9 Å². The van der Waals surface area contributed by atoms with Gasteiger partial charge >= 0.3 is 6.18 Å². The van der Waals surface area contributed by atoms with Crippen molar-refractivity contribution in [3.05, 3.63) is 94.0 Å². The van der Waals surface area contributed by atoms with Crippen molar-refractivity contribution < 1.29 is 31.5 Å². The third-order valence-corrected chi connectivity index (χ3v) is 6.27. The third kappa shape index (κ3) is 5.70. The second-order valence-electron chi connectivity index (χ2n) is 9.06. The first-order valence-corrected chi connectivity index (χ1v) is 12.3. The van der Waals surface area contributed by atoms with E-state index in [1.807, 2.05) is 0 Å². The number of ether oxygens (including phenoxy) is 1. The Labute approximate surface area is 239 Å². The quantitative estimate of drug-likeness (QED) is 0.187. The first kappa shape index (κ1) is 28.4. The van der Waals surface area contributed by atoms with Crippen LogP contribution in [0.3, 0.4) is 0 Å². The van der Waals surface area contributed by atoms with E-state index in [4.69, 9.17) is 22.1 Å². The van der Waals surface area contributed by atoms with Gasteiger partial charge in [0.05, 0.1) is 39.1 Å². The predicted octanol–water partition coefficient (Wildman–Crippen LogP) is 6.28. The normalized spacial score (nSPS) is 11.3. The topological polar surface area (TPSA) is 100.0 Å². The lowest BCUT2D eigenvalue weighted by atomic mass is 10.1. The van der Waals surface area contributed by atoms with Gasteiger partial charge in [-0.1, -0.05) is 17.5 Å². The summed E-state index contributed by atoms with van der Waals surface area (Å²) >= 11 is 6.21. The molecule has 0 saturated heterocycles. The molecular formula is C28H18ClF5N6O2. The molecule has 0 aliphatic heterocycles. The zero-order valence-electron chi connectivity index (χ0n) is 21.6. The number of carbonyl (C=O) groups excluding carboxylic acids is 1. The van der Waals surface area contributed by atoms with Crippen molar-refractivity contribution >= 4 is 39.9 Å². The average Bonchev–Trinajstić information content (AvgIpc) is 3.47. The first-order chi connectivity index (χ1) is 19.8. The molecule has 3 N–H and O–H groups in total. The highest BCUT2D eigenvalue weighted by molar-refractivity contribution is 6.32. The molecule has 0 bridgehead atoms. The van der Waals surface area contributed by atoms with Gasteiger partial charge in [-0.05, 0) is 42.3 Å². The van der Waals surface area contributed by atoms with Crippen LogP contribution < -0.4 is 15.8 Å². The van der Waals surface area contributed by atoms with Crippen LogP contribution in [0.4, 0.5) is 33.5 Å². The number of hydrogen-bond acceptors (Lipinski definition) is 5. The van der Waals surface area contributed by atoms with Crippen molar-refractivity contribution in [3.63, 3.8) is 0 Å². The molecule has 2 aromatic heterocycles. The highest BCUT2D eigenvalue weighted by Gasteiger charge is 2.32. The van der Waals surface area contributed by atoms with E-state index in [9.17, 15) is 26.7 Å². The summed E-state index contributed by atoms with van der Waals surface area (Å²) in [4.78, 5) is 17.4. The Kier molecular flexibility index (Phi) is 7.26. The number of nitrogens with one attached hydrogen (secondary N) is 1. The van der Waals surface area contributed by atoms with E-state index in [1.54, 1.807) is 31.2 Å². The van der Waals surface area contributed by atoms with Gasteiger partial charge in [0.2, 0.25) is 0 Å². The highest BCUT2D eigenvalue weighted by atomic mass is 35.5. The minimum absolute atomic E-state index is 0.00302. The predicted molar refractivity (Wildman–Crippen MR) is 145 cm³/mol. The molecule has 0 saturated carbocycles. The van der Waals surface area contributed by atoms with E-state index < -0.39 is 34.8 Å². The number of benzene rings is 3. The van der Waals surface area contributed by atoms with Gasteiger partial charge in [0.15, 0.2) is 11.6 Å². The van der Waals surface area contributed by atoms with Crippen LogP contribution >= 0.6 is 11.6 Å². The maximum atomic E-state index is 14.1. The summed E-state index contributed by atoms with van der Waals surface area (Å²) in [6.07, 6.45) is -1.70. The molecule has 0 aliphatic carbocycles. The number of fused-ring (bicyclic) bond motifs is 1. The molecule has 3 aromatic carbocycles. The van der Waals surface area contributed by atoms with E-state index >= 15 is 0 Å². The maximum absolute atomic E-state index is 14.1. The fourth-order valence-electron chi connectivity index (χ4n) is 4.14. The second kappa shape index (κ2) is 10.7. The van der Waals surface area contributed by atoms with Crippen LogP contribution in [0.1, 0.15) is 27.2 Å². The van der Waals surface area contributed by atoms with Gasteiger partial charge < -0.3 is 20.4 Å². The van der Waals surface area contributed by atoms with Gasteiger partial charge in [0.1, 0.15) is 23.1 Å². The monoisotopic (exact) mass is 600 g/mol. The average molecular weight is 601 g/mol. The maximum Gasteiger partial charge on any atom is 0.416 e. The third-order valence-electron chi connectivity index (χ3n) is 5.96. The smallest absolute Gasteiger partial charge is 0.416 e. The van der Waals surface area contributed by atoms with Crippen LogP contribution in [-0.2, 0) is 20.3 Å². The number of imidazole rings is 1. The SMILES string of the molecule is Cn1cnc(C#Cc2cc(NC(=O)c3cc(F)cc(C(F)(F)F)c3)c(Oc3cc(F)ccc3Cl)c3c(N)nn(C)c23)c1. The number of anilines is 2. The van der Waals surface area contributed by atoms with Crippen molar-refractivity contribution in [1.82, 2.24) is 19.3 Å². The molecule has 0 aliphatic rings. The fourth-order valence-corrected chi connectivity index (χ4v) is 4.29. The molecule has 5 aromatic rings. The number of amides is 1. The molecule has 8 nitrogen and oxygen atoms in total. The zero-order valence-corrected chi connectivity index (χ0v) is 22.4. The van der Waals surface area contributed by atoms with Gasteiger partial charge in [-0.3, -0.25) is 9.48 Å². The van der Waals surface area contributed by atoms with Crippen LogP contribution in [0.2, 0.25) is 5.02 Å². The molecule has 1 amide bonds. The van der Waals surface area contributed by atoms with Gasteiger partial charge in [-0.2, -0.15) is 18.3 Å². The number of alkyl halides is 3. The van der Waals surface area contributed by atoms with Crippen molar-refractivity contribution in [3.8, 4) is 23.3 Å². The molecule has 0 spiro atoms. The number of halogens is 6. The molecule has 2 heterocycles. The number of carbonyl (C=O) groups is 1. The van der Waals surface area contributed by atoms with Gasteiger partial charge in [-0.25, -0.2) is 13.8 Å². The fraction of sp³-hybridized carbons (Fsp3) is 0.107. The van der Waals surface area contributed by atoms with Crippen LogP contribution in [0.25, 0.3) is 10.9 Å². The van der Waals surface area contributed by atoms with Gasteiger partial charge in [0.25, 0.3) is 5.91 Å². The molecule has 0 unspecified atom stereocenters. The Morgan fingerprint density at radius 1 is 1.07 bits per heavy atom. The molecule has 5 rings (SSSR count). The van der Waals surface area contributed by atoms with E-state index in [-0.39, 0.29) is 45.0 Å². The summed E-state index contributed by atoms with van der Waals surface area (Å²) in [7, 11) is 3.33. The highest BCUT2D eigenvalue weighted by Crippen LogP contribution is 2.43. The van der Waals surface area contributed by atoms with E-state index in [0.29, 0.717) is 23.3 Å². The first-order valence-electron chi connectivity index (χ1n) is 11.9. The Balaban J connectivity index is 1.71. The Hall–Kier alpha value is -5.09. The van der Waals surface area contributed by atoms with E-state index in [2.05, 4.69) is 27.2 Å². The minimum Gasteiger partial charge on any atom is -0.453 e. The van der Waals surface area contributed by atoms with Crippen molar-refractivity contribution in [2.75, 3.05) is 11.1 Å². The summed E-state index contributed by atoms with van der Waals surface area (Å²) in [5.74, 6) is 2.35. The lowest BCUT2D eigenvalue weighted by Gasteiger charge is -2.16. The van der Waals surface area contributed by atoms with Crippen molar-refractivity contribution in [2.45, 2.75) is 6.18 Å². The Bertz CT molecular complexity index is 1940. The standard InChI is InChI=1S/C28H18ClF5N6O2/c1-39-12-19(36-13-39)5-3-14-9-21(37-27(41)15-7-16(28(32,33)34)10-18(31)8-15)25(23-24(14)40(2)38-26(23)35)42-22-11-17(30)4-6-20(22)29/h4,6-13H,1-2H3,(H2,35,38)(H,37,41). The van der Waals surface area contributed by atoms with E-state index in [1.165, 1.54) is 16.8 Å². The van der Waals surface area contributed by atoms with Crippen molar-refractivity contribution in [1.29, 1.82) is 0 Å². The summed E-state index contributed by atoms with van der Waals surface area (Å²) in [5, 5.41) is 6.80.